The highest BCUT2D eigenvalue weighted by molar-refractivity contribution is 8.00. The smallest absolute Gasteiger partial charge is 0.339 e. The van der Waals surface area contributed by atoms with E-state index in [9.17, 15) is 19.2 Å². The number of hydrogen-bond acceptors (Lipinski definition) is 8. The van der Waals surface area contributed by atoms with E-state index in [1.807, 2.05) is 18.2 Å². The minimum absolute atomic E-state index is 0.0184. The van der Waals surface area contributed by atoms with Crippen LogP contribution in [0.1, 0.15) is 47.9 Å². The third-order valence-corrected chi connectivity index (χ3v) is 7.47. The Bertz CT molecular complexity index is 1460. The molecular formula is C33H28O8S. The molecule has 0 radical (unpaired) electrons. The molecule has 1 aliphatic rings. The molecule has 0 saturated carbocycles. The topological polar surface area (TPSA) is 116 Å². The molecule has 3 atom stereocenters. The Morgan fingerprint density at radius 3 is 1.43 bits per heavy atom. The predicted molar refractivity (Wildman–Crippen MR) is 157 cm³/mol. The third-order valence-electron chi connectivity index (χ3n) is 6.09. The quantitative estimate of drug-likeness (QED) is 0.192. The molecule has 5 rings (SSSR count). The van der Waals surface area contributed by atoms with Crippen LogP contribution in [0.2, 0.25) is 0 Å². The second-order valence-electron chi connectivity index (χ2n) is 9.06. The number of carboxylic acid groups (broad SMARTS) is 1. The van der Waals surface area contributed by atoms with Crippen LogP contribution in [0.25, 0.3) is 0 Å². The lowest BCUT2D eigenvalue weighted by molar-refractivity contribution is 0.0135. The fourth-order valence-electron chi connectivity index (χ4n) is 3.96. The maximum absolute atomic E-state index is 12.6. The minimum Gasteiger partial charge on any atom is -0.478 e. The van der Waals surface area contributed by atoms with Crippen LogP contribution in [0.15, 0.2) is 121 Å². The summed E-state index contributed by atoms with van der Waals surface area (Å²) in [7, 11) is 0. The van der Waals surface area contributed by atoms with Crippen molar-refractivity contribution in [1.29, 1.82) is 0 Å². The van der Waals surface area contributed by atoms with Gasteiger partial charge in [-0.05, 0) is 48.5 Å². The molecule has 1 heterocycles. The standard InChI is InChI=1S/C26H22O6S.C7H6O2/c27-24(18-10-4-1-5-11-18)30-17-22-21(31-25(28)19-12-6-2-7-13-19)16-23(33-22)32-26(29)20-14-8-3-9-15-20;8-7(9)6-4-2-1-3-5-6/h1-15,21-23H,16-17H2;1-5H,(H,8,9)/t21-,22+,23?;/m1./s1. The molecule has 0 amide bonds. The molecule has 4 aromatic carbocycles. The number of thioether (sulfide) groups is 1. The van der Waals surface area contributed by atoms with Gasteiger partial charge in [-0.15, -0.1) is 11.8 Å². The Morgan fingerprint density at radius 1 is 0.595 bits per heavy atom. The van der Waals surface area contributed by atoms with E-state index in [2.05, 4.69) is 0 Å². The van der Waals surface area contributed by atoms with Gasteiger partial charge in [0.05, 0.1) is 27.5 Å². The maximum Gasteiger partial charge on any atom is 0.339 e. The second kappa shape index (κ2) is 15.2. The number of carbonyl (C=O) groups is 4. The molecule has 214 valence electrons. The number of ether oxygens (including phenoxy) is 3. The van der Waals surface area contributed by atoms with Crippen LogP contribution in [0.5, 0.6) is 0 Å². The van der Waals surface area contributed by atoms with Crippen LogP contribution in [0.4, 0.5) is 0 Å². The lowest BCUT2D eigenvalue weighted by Gasteiger charge is -2.18. The van der Waals surface area contributed by atoms with Crippen LogP contribution < -0.4 is 0 Å². The van der Waals surface area contributed by atoms with E-state index >= 15 is 0 Å². The van der Waals surface area contributed by atoms with Gasteiger partial charge in [-0.25, -0.2) is 19.2 Å². The number of carboxylic acids is 1. The molecule has 0 spiro atoms. The molecule has 1 unspecified atom stereocenters. The zero-order valence-corrected chi connectivity index (χ0v) is 23.2. The highest BCUT2D eigenvalue weighted by Crippen LogP contribution is 2.38. The first-order valence-corrected chi connectivity index (χ1v) is 14.0. The zero-order chi connectivity index (χ0) is 29.7. The molecule has 0 aliphatic carbocycles. The number of rotatable bonds is 8. The van der Waals surface area contributed by atoms with Crippen molar-refractivity contribution in [3.63, 3.8) is 0 Å². The number of benzene rings is 4. The SMILES string of the molecule is O=C(O)c1ccccc1.O=C(OC[C@@H]1SC(OC(=O)c2ccccc2)C[C@H]1OC(=O)c1ccccc1)c1ccccc1. The highest BCUT2D eigenvalue weighted by atomic mass is 32.2. The molecule has 1 fully saturated rings. The molecule has 9 heteroatoms. The highest BCUT2D eigenvalue weighted by Gasteiger charge is 2.41. The largest absolute Gasteiger partial charge is 0.478 e. The minimum atomic E-state index is -0.879. The van der Waals surface area contributed by atoms with Crippen molar-refractivity contribution in [2.75, 3.05) is 6.61 Å². The van der Waals surface area contributed by atoms with Crippen molar-refractivity contribution in [2.45, 2.75) is 23.2 Å². The van der Waals surface area contributed by atoms with Gasteiger partial charge in [0, 0.05) is 6.42 Å². The van der Waals surface area contributed by atoms with Crippen LogP contribution in [0.3, 0.4) is 0 Å². The number of aromatic carboxylic acids is 1. The van der Waals surface area contributed by atoms with Crippen molar-refractivity contribution >= 4 is 35.6 Å². The fourth-order valence-corrected chi connectivity index (χ4v) is 5.29. The summed E-state index contributed by atoms with van der Waals surface area (Å²) in [5, 5.41) is 8.01. The molecule has 1 aliphatic heterocycles. The van der Waals surface area contributed by atoms with Gasteiger partial charge in [0.15, 0.2) is 5.44 Å². The zero-order valence-electron chi connectivity index (χ0n) is 22.4. The van der Waals surface area contributed by atoms with E-state index in [0.29, 0.717) is 28.7 Å². The Kier molecular flexibility index (Phi) is 10.9. The first-order valence-electron chi connectivity index (χ1n) is 13.1. The summed E-state index contributed by atoms with van der Waals surface area (Å²) in [6.07, 6.45) is -0.283. The van der Waals surface area contributed by atoms with Gasteiger partial charge in [0.1, 0.15) is 12.7 Å². The van der Waals surface area contributed by atoms with Crippen LogP contribution in [-0.2, 0) is 14.2 Å². The Labute approximate surface area is 247 Å². The first kappa shape index (κ1) is 30.1. The van der Waals surface area contributed by atoms with E-state index in [1.54, 1.807) is 103 Å². The van der Waals surface area contributed by atoms with E-state index in [-0.39, 0.29) is 11.9 Å². The van der Waals surface area contributed by atoms with Crippen LogP contribution >= 0.6 is 11.8 Å². The third kappa shape index (κ3) is 8.81. The Morgan fingerprint density at radius 2 is 1.00 bits per heavy atom. The van der Waals surface area contributed by atoms with Gasteiger partial charge in [0.25, 0.3) is 0 Å². The molecule has 8 nitrogen and oxygen atoms in total. The van der Waals surface area contributed by atoms with Gasteiger partial charge >= 0.3 is 23.9 Å². The first-order chi connectivity index (χ1) is 20.4. The molecule has 0 bridgehead atoms. The van der Waals surface area contributed by atoms with Gasteiger partial charge < -0.3 is 19.3 Å². The molecule has 1 N–H and O–H groups in total. The van der Waals surface area contributed by atoms with Crippen molar-refractivity contribution in [3.8, 4) is 0 Å². The fraction of sp³-hybridized carbons (Fsp3) is 0.152. The Hall–Kier alpha value is -4.89. The van der Waals surface area contributed by atoms with E-state index in [0.717, 1.165) is 0 Å². The van der Waals surface area contributed by atoms with Gasteiger partial charge in [-0.1, -0.05) is 72.8 Å². The van der Waals surface area contributed by atoms with Crippen molar-refractivity contribution < 1.29 is 38.5 Å². The lowest BCUT2D eigenvalue weighted by atomic mass is 10.2. The van der Waals surface area contributed by atoms with Crippen LogP contribution in [0, 0.1) is 0 Å². The number of hydrogen-bond donors (Lipinski definition) is 1. The molecule has 42 heavy (non-hydrogen) atoms. The van der Waals surface area contributed by atoms with E-state index in [1.165, 1.54) is 11.8 Å². The number of carbonyl (C=O) groups excluding carboxylic acids is 3. The summed E-state index contributed by atoms with van der Waals surface area (Å²) >= 11 is 1.32. The van der Waals surface area contributed by atoms with Crippen molar-refractivity contribution in [2.24, 2.45) is 0 Å². The molecule has 4 aromatic rings. The normalized spacial score (nSPS) is 17.2. The summed E-state index contributed by atoms with van der Waals surface area (Å²) in [6.45, 7) is 0.0184. The second-order valence-corrected chi connectivity index (χ2v) is 10.5. The summed E-state index contributed by atoms with van der Waals surface area (Å²) in [5.74, 6) is -2.27. The van der Waals surface area contributed by atoms with Gasteiger partial charge in [-0.3, -0.25) is 0 Å². The molecule has 1 saturated heterocycles. The maximum atomic E-state index is 12.6. The Balaban J connectivity index is 0.000000385. The molecule has 0 aromatic heterocycles. The average molecular weight is 585 g/mol. The average Bonchev–Trinajstić information content (AvgIpc) is 3.42. The van der Waals surface area contributed by atoms with Crippen molar-refractivity contribution in [1.82, 2.24) is 0 Å². The molecular weight excluding hydrogens is 556 g/mol. The summed E-state index contributed by atoms with van der Waals surface area (Å²) < 4.78 is 16.8. The van der Waals surface area contributed by atoms with Gasteiger partial charge in [0.2, 0.25) is 0 Å². The summed E-state index contributed by atoms with van der Waals surface area (Å²) in [6, 6.07) is 34.3. The van der Waals surface area contributed by atoms with E-state index < -0.39 is 35.4 Å². The number of esters is 3. The van der Waals surface area contributed by atoms with Crippen molar-refractivity contribution in [3.05, 3.63) is 144 Å². The predicted octanol–water partition coefficient (Wildman–Crippen LogP) is 6.14. The summed E-state index contributed by atoms with van der Waals surface area (Å²) in [4.78, 5) is 47.7. The lowest BCUT2D eigenvalue weighted by Crippen LogP contribution is -2.29. The van der Waals surface area contributed by atoms with Crippen LogP contribution in [-0.4, -0.2) is 52.4 Å². The van der Waals surface area contributed by atoms with Gasteiger partial charge in [-0.2, -0.15) is 0 Å². The van der Waals surface area contributed by atoms with E-state index in [4.69, 9.17) is 19.3 Å². The summed E-state index contributed by atoms with van der Waals surface area (Å²) in [5.41, 5.74) is 1.09. The monoisotopic (exact) mass is 584 g/mol.